The maximum atomic E-state index is 5.92. The van der Waals surface area contributed by atoms with Crippen molar-refractivity contribution in [2.75, 3.05) is 25.1 Å². The third-order valence-corrected chi connectivity index (χ3v) is 2.44. The largest absolute Gasteiger partial charge is 0.377 e. The summed E-state index contributed by atoms with van der Waals surface area (Å²) in [5.41, 5.74) is 0.758. The minimum absolute atomic E-state index is 0.225. The highest BCUT2D eigenvalue weighted by Gasteiger charge is 2.09. The summed E-state index contributed by atoms with van der Waals surface area (Å²) >= 11 is 11.7. The zero-order valence-corrected chi connectivity index (χ0v) is 11.1. The maximum Gasteiger partial charge on any atom is 0.175 e. The minimum atomic E-state index is 0.225. The highest BCUT2D eigenvalue weighted by Crippen LogP contribution is 2.23. The zero-order chi connectivity index (χ0) is 12.1. The molecule has 0 atom stereocenters. The van der Waals surface area contributed by atoms with Crippen LogP contribution in [0.15, 0.2) is 6.07 Å². The van der Waals surface area contributed by atoms with E-state index in [9.17, 15) is 0 Å². The van der Waals surface area contributed by atoms with E-state index in [2.05, 4.69) is 10.2 Å². The zero-order valence-electron chi connectivity index (χ0n) is 9.57. The van der Waals surface area contributed by atoms with E-state index in [1.165, 1.54) is 0 Å². The number of aromatic nitrogens is 2. The molecule has 0 aliphatic heterocycles. The lowest BCUT2D eigenvalue weighted by Gasteiger charge is -2.20. The smallest absolute Gasteiger partial charge is 0.175 e. The normalized spacial score (nSPS) is 10.9. The molecule has 0 amide bonds. The van der Waals surface area contributed by atoms with Crippen LogP contribution in [0, 0.1) is 0 Å². The molecular formula is C10H15Cl2N3O. The van der Waals surface area contributed by atoms with Gasteiger partial charge < -0.3 is 9.64 Å². The van der Waals surface area contributed by atoms with E-state index in [0.717, 1.165) is 12.2 Å². The average Bonchev–Trinajstić information content (AvgIpc) is 2.21. The molecule has 1 heterocycles. The number of likely N-dealkylation sites (N-methyl/N-ethyl adjacent to an activating group) is 1. The van der Waals surface area contributed by atoms with E-state index in [4.69, 9.17) is 27.9 Å². The van der Waals surface area contributed by atoms with Crippen LogP contribution in [0.4, 0.5) is 5.69 Å². The van der Waals surface area contributed by atoms with Crippen LogP contribution in [-0.2, 0) is 4.74 Å². The number of nitrogens with zero attached hydrogens (tertiary/aromatic N) is 3. The first-order valence-corrected chi connectivity index (χ1v) is 5.77. The Bertz CT molecular complexity index is 347. The fraction of sp³-hybridized carbons (Fsp3) is 0.600. The summed E-state index contributed by atoms with van der Waals surface area (Å²) in [6.07, 6.45) is 0.225. The molecule has 0 unspecified atom stereocenters. The lowest BCUT2D eigenvalue weighted by molar-refractivity contribution is 0.0846. The Balaban J connectivity index is 2.58. The number of ether oxygens (including phenoxy) is 1. The van der Waals surface area contributed by atoms with Crippen molar-refractivity contribution in [3.8, 4) is 0 Å². The highest BCUT2D eigenvalue weighted by atomic mass is 35.5. The quantitative estimate of drug-likeness (QED) is 0.819. The van der Waals surface area contributed by atoms with Gasteiger partial charge in [0.15, 0.2) is 10.3 Å². The molecule has 16 heavy (non-hydrogen) atoms. The highest BCUT2D eigenvalue weighted by molar-refractivity contribution is 6.33. The van der Waals surface area contributed by atoms with Crippen molar-refractivity contribution in [3.05, 3.63) is 16.4 Å². The molecule has 0 spiro atoms. The van der Waals surface area contributed by atoms with E-state index in [0.29, 0.717) is 16.9 Å². The molecule has 0 aliphatic carbocycles. The lowest BCUT2D eigenvalue weighted by Crippen LogP contribution is -2.24. The summed E-state index contributed by atoms with van der Waals surface area (Å²) in [6.45, 7) is 5.35. The second-order valence-electron chi connectivity index (χ2n) is 3.68. The summed E-state index contributed by atoms with van der Waals surface area (Å²) in [7, 11) is 1.91. The van der Waals surface area contributed by atoms with E-state index in [-0.39, 0.29) is 6.10 Å². The van der Waals surface area contributed by atoms with Crippen molar-refractivity contribution in [1.29, 1.82) is 0 Å². The summed E-state index contributed by atoms with van der Waals surface area (Å²) in [5, 5.41) is 8.07. The first-order valence-electron chi connectivity index (χ1n) is 5.02. The van der Waals surface area contributed by atoms with E-state index in [1.807, 2.05) is 25.8 Å². The molecule has 0 N–H and O–H groups in total. The number of anilines is 1. The number of hydrogen-bond acceptors (Lipinski definition) is 4. The summed E-state index contributed by atoms with van der Waals surface area (Å²) in [4.78, 5) is 1.94. The molecular weight excluding hydrogens is 249 g/mol. The predicted octanol–water partition coefficient (Wildman–Crippen LogP) is 2.64. The molecule has 0 fully saturated rings. The van der Waals surface area contributed by atoms with Crippen LogP contribution in [0.3, 0.4) is 0 Å². The molecule has 90 valence electrons. The van der Waals surface area contributed by atoms with Gasteiger partial charge >= 0.3 is 0 Å². The molecule has 0 aliphatic rings. The fourth-order valence-corrected chi connectivity index (χ4v) is 1.54. The first-order chi connectivity index (χ1) is 7.50. The van der Waals surface area contributed by atoms with E-state index in [1.54, 1.807) is 6.07 Å². The van der Waals surface area contributed by atoms with Gasteiger partial charge in [-0.3, -0.25) is 0 Å². The Hall–Kier alpha value is -0.580. The second-order valence-corrected chi connectivity index (χ2v) is 4.43. The Labute approximate surface area is 106 Å². The molecule has 1 rings (SSSR count). The van der Waals surface area contributed by atoms with Crippen molar-refractivity contribution in [3.63, 3.8) is 0 Å². The van der Waals surface area contributed by atoms with Gasteiger partial charge in [-0.2, -0.15) is 0 Å². The molecule has 0 bridgehead atoms. The predicted molar refractivity (Wildman–Crippen MR) is 66.4 cm³/mol. The Morgan fingerprint density at radius 2 is 2.06 bits per heavy atom. The molecule has 0 saturated carbocycles. The van der Waals surface area contributed by atoms with Crippen LogP contribution in [-0.4, -0.2) is 36.5 Å². The van der Waals surface area contributed by atoms with Gasteiger partial charge in [-0.1, -0.05) is 23.2 Å². The number of halogens is 2. The summed E-state index contributed by atoms with van der Waals surface area (Å²) in [6, 6.07) is 1.69. The second kappa shape index (κ2) is 6.23. The standard InChI is InChI=1S/C10H15Cl2N3O/c1-7(2)16-5-4-15(3)8-6-9(11)13-14-10(8)12/h6-7H,4-5H2,1-3H3. The van der Waals surface area contributed by atoms with Crippen molar-refractivity contribution in [2.45, 2.75) is 20.0 Å². The molecule has 1 aromatic rings. The molecule has 0 aromatic carbocycles. The SMILES string of the molecule is CC(C)OCCN(C)c1cc(Cl)nnc1Cl. The van der Waals surface area contributed by atoms with Crippen LogP contribution in [0.5, 0.6) is 0 Å². The number of hydrogen-bond donors (Lipinski definition) is 0. The Morgan fingerprint density at radius 1 is 1.38 bits per heavy atom. The topological polar surface area (TPSA) is 38.2 Å². The number of rotatable bonds is 5. The summed E-state index contributed by atoms with van der Waals surface area (Å²) < 4.78 is 5.45. The van der Waals surface area contributed by atoms with Gasteiger partial charge in [-0.25, -0.2) is 0 Å². The van der Waals surface area contributed by atoms with Gasteiger partial charge in [-0.15, -0.1) is 10.2 Å². The monoisotopic (exact) mass is 263 g/mol. The van der Waals surface area contributed by atoms with Crippen LogP contribution >= 0.6 is 23.2 Å². The maximum absolute atomic E-state index is 5.92. The Morgan fingerprint density at radius 3 is 2.69 bits per heavy atom. The average molecular weight is 264 g/mol. The van der Waals surface area contributed by atoms with Crippen LogP contribution in [0.1, 0.15) is 13.8 Å². The molecule has 0 radical (unpaired) electrons. The molecule has 4 nitrogen and oxygen atoms in total. The van der Waals surface area contributed by atoms with Gasteiger partial charge in [0.2, 0.25) is 0 Å². The summed E-state index contributed by atoms with van der Waals surface area (Å²) in [5.74, 6) is 0. The van der Waals surface area contributed by atoms with Crippen LogP contribution in [0.2, 0.25) is 10.3 Å². The van der Waals surface area contributed by atoms with Crippen LogP contribution in [0.25, 0.3) is 0 Å². The molecule has 6 heteroatoms. The first kappa shape index (κ1) is 13.5. The van der Waals surface area contributed by atoms with Crippen LogP contribution < -0.4 is 4.90 Å². The van der Waals surface area contributed by atoms with Crippen molar-refractivity contribution >= 4 is 28.9 Å². The van der Waals surface area contributed by atoms with Gasteiger partial charge in [0.25, 0.3) is 0 Å². The molecule has 0 saturated heterocycles. The minimum Gasteiger partial charge on any atom is -0.377 e. The Kier molecular flexibility index (Phi) is 5.25. The van der Waals surface area contributed by atoms with Gasteiger partial charge in [0.05, 0.1) is 18.4 Å². The fourth-order valence-electron chi connectivity index (χ4n) is 1.16. The van der Waals surface area contributed by atoms with Crippen molar-refractivity contribution in [1.82, 2.24) is 10.2 Å². The van der Waals surface area contributed by atoms with Gasteiger partial charge in [0.1, 0.15) is 0 Å². The van der Waals surface area contributed by atoms with E-state index >= 15 is 0 Å². The van der Waals surface area contributed by atoms with Crippen molar-refractivity contribution < 1.29 is 4.74 Å². The lowest BCUT2D eigenvalue weighted by atomic mass is 10.4. The van der Waals surface area contributed by atoms with Gasteiger partial charge in [-0.05, 0) is 13.8 Å². The van der Waals surface area contributed by atoms with E-state index < -0.39 is 0 Å². The van der Waals surface area contributed by atoms with Gasteiger partial charge in [0, 0.05) is 19.7 Å². The third-order valence-electron chi connectivity index (χ3n) is 1.99. The third kappa shape index (κ3) is 4.12. The molecule has 1 aromatic heterocycles. The van der Waals surface area contributed by atoms with Crippen molar-refractivity contribution in [2.24, 2.45) is 0 Å².